The van der Waals surface area contributed by atoms with Crippen LogP contribution in [-0.2, 0) is 0 Å². The summed E-state index contributed by atoms with van der Waals surface area (Å²) in [7, 11) is 0. The minimum atomic E-state index is 1.27. The highest BCUT2D eigenvalue weighted by Crippen LogP contribution is 2.32. The first-order valence-corrected chi connectivity index (χ1v) is 7.98. The molecule has 0 amide bonds. The standard InChI is InChI=1S/C11H7NS.3C2H6/c1-2-4-10-8(3-1)9-5-6-12-7-11(9)13-10;3*1-2/h1-7H;3*1-2H3. The van der Waals surface area contributed by atoms with E-state index in [0.717, 1.165) is 0 Å². The monoisotopic (exact) mass is 275 g/mol. The number of benzene rings is 1. The molecule has 0 aliphatic carbocycles. The second kappa shape index (κ2) is 10.5. The maximum atomic E-state index is 4.12. The highest BCUT2D eigenvalue weighted by molar-refractivity contribution is 7.25. The zero-order valence-corrected chi connectivity index (χ0v) is 13.7. The van der Waals surface area contributed by atoms with Gasteiger partial charge in [-0.1, -0.05) is 59.7 Å². The van der Waals surface area contributed by atoms with Gasteiger partial charge in [0.05, 0.1) is 4.70 Å². The Balaban J connectivity index is 0.000000482. The predicted molar refractivity (Wildman–Crippen MR) is 91.2 cm³/mol. The molecule has 104 valence electrons. The highest BCUT2D eigenvalue weighted by Gasteiger charge is 2.01. The van der Waals surface area contributed by atoms with Gasteiger partial charge < -0.3 is 0 Å². The van der Waals surface area contributed by atoms with Crippen molar-refractivity contribution in [3.8, 4) is 0 Å². The Morgan fingerprint density at radius 3 is 2.00 bits per heavy atom. The summed E-state index contributed by atoms with van der Waals surface area (Å²) in [6.45, 7) is 12.0. The quantitative estimate of drug-likeness (QED) is 0.454. The van der Waals surface area contributed by atoms with Crippen molar-refractivity contribution in [3.63, 3.8) is 0 Å². The minimum Gasteiger partial charge on any atom is -0.263 e. The summed E-state index contributed by atoms with van der Waals surface area (Å²) in [6.07, 6.45) is 3.78. The van der Waals surface area contributed by atoms with Crippen LogP contribution in [0.1, 0.15) is 41.5 Å². The third-order valence-corrected chi connectivity index (χ3v) is 3.30. The molecule has 19 heavy (non-hydrogen) atoms. The summed E-state index contributed by atoms with van der Waals surface area (Å²) in [4.78, 5) is 4.12. The largest absolute Gasteiger partial charge is 0.263 e. The molecule has 3 aromatic rings. The van der Waals surface area contributed by atoms with Crippen LogP contribution >= 0.6 is 11.3 Å². The van der Waals surface area contributed by atoms with Gasteiger partial charge in [0, 0.05) is 27.9 Å². The average Bonchev–Trinajstić information content (AvgIpc) is 2.92. The number of hydrogen-bond acceptors (Lipinski definition) is 2. The molecule has 3 rings (SSSR count). The van der Waals surface area contributed by atoms with Gasteiger partial charge in [0.1, 0.15) is 0 Å². The topological polar surface area (TPSA) is 12.9 Å². The minimum absolute atomic E-state index is 1.27. The van der Waals surface area contributed by atoms with Gasteiger partial charge >= 0.3 is 0 Å². The number of hydrogen-bond donors (Lipinski definition) is 0. The van der Waals surface area contributed by atoms with E-state index in [1.165, 1.54) is 20.2 Å². The number of thiophene rings is 1. The summed E-state index contributed by atoms with van der Waals surface area (Å²) in [5.74, 6) is 0. The molecule has 2 heteroatoms. The van der Waals surface area contributed by atoms with Crippen molar-refractivity contribution >= 4 is 31.5 Å². The molecule has 0 aliphatic heterocycles. The maximum Gasteiger partial charge on any atom is 0.0538 e. The maximum absolute atomic E-state index is 4.12. The molecule has 0 saturated heterocycles. The molecule has 1 aromatic carbocycles. The van der Waals surface area contributed by atoms with Crippen molar-refractivity contribution in [1.29, 1.82) is 0 Å². The van der Waals surface area contributed by atoms with Gasteiger partial charge in [-0.2, -0.15) is 0 Å². The average molecular weight is 275 g/mol. The van der Waals surface area contributed by atoms with E-state index in [4.69, 9.17) is 0 Å². The summed E-state index contributed by atoms with van der Waals surface area (Å²) in [6, 6.07) is 10.5. The molecule has 0 N–H and O–H groups in total. The van der Waals surface area contributed by atoms with Gasteiger partial charge in [0.25, 0.3) is 0 Å². The van der Waals surface area contributed by atoms with Crippen molar-refractivity contribution in [3.05, 3.63) is 42.7 Å². The van der Waals surface area contributed by atoms with E-state index in [1.807, 2.05) is 53.9 Å². The lowest BCUT2D eigenvalue weighted by Crippen LogP contribution is -1.67. The van der Waals surface area contributed by atoms with E-state index in [-0.39, 0.29) is 0 Å². The SMILES string of the molecule is CC.CC.CC.c1ccc2c(c1)sc1cnccc12. The second-order valence-corrected chi connectivity index (χ2v) is 4.05. The molecule has 0 bridgehead atoms. The van der Waals surface area contributed by atoms with E-state index < -0.39 is 0 Å². The highest BCUT2D eigenvalue weighted by atomic mass is 32.1. The normalized spacial score (nSPS) is 8.53. The fourth-order valence-corrected chi connectivity index (χ4v) is 2.65. The molecular weight excluding hydrogens is 250 g/mol. The molecule has 1 nitrogen and oxygen atoms in total. The van der Waals surface area contributed by atoms with Gasteiger partial charge in [-0.25, -0.2) is 0 Å². The number of aromatic nitrogens is 1. The zero-order valence-electron chi connectivity index (χ0n) is 12.9. The third kappa shape index (κ3) is 4.32. The summed E-state index contributed by atoms with van der Waals surface area (Å²) >= 11 is 1.80. The molecule has 0 unspecified atom stereocenters. The van der Waals surface area contributed by atoms with Gasteiger partial charge in [0.2, 0.25) is 0 Å². The summed E-state index contributed by atoms with van der Waals surface area (Å²) < 4.78 is 2.61. The second-order valence-electron chi connectivity index (χ2n) is 2.97. The molecule has 0 fully saturated rings. The van der Waals surface area contributed by atoms with E-state index in [1.54, 1.807) is 11.3 Å². The number of rotatable bonds is 0. The lowest BCUT2D eigenvalue weighted by molar-refractivity contribution is 1.37. The van der Waals surface area contributed by atoms with Crippen LogP contribution in [-0.4, -0.2) is 4.98 Å². The third-order valence-electron chi connectivity index (χ3n) is 2.18. The van der Waals surface area contributed by atoms with E-state index in [0.29, 0.717) is 0 Å². The van der Waals surface area contributed by atoms with E-state index in [2.05, 4.69) is 35.3 Å². The Morgan fingerprint density at radius 1 is 0.737 bits per heavy atom. The molecular formula is C17H25NS. The molecule has 0 aliphatic rings. The summed E-state index contributed by atoms with van der Waals surface area (Å²) in [5.41, 5.74) is 0. The Bertz CT molecular complexity index is 519. The van der Waals surface area contributed by atoms with Gasteiger partial charge in [-0.3, -0.25) is 4.98 Å². The molecule has 0 saturated carbocycles. The molecule has 2 heterocycles. The van der Waals surface area contributed by atoms with Crippen LogP contribution in [0.3, 0.4) is 0 Å². The van der Waals surface area contributed by atoms with Gasteiger partial charge in [0.15, 0.2) is 0 Å². The smallest absolute Gasteiger partial charge is 0.0538 e. The van der Waals surface area contributed by atoms with Crippen LogP contribution < -0.4 is 0 Å². The van der Waals surface area contributed by atoms with E-state index in [9.17, 15) is 0 Å². The first kappa shape index (κ1) is 17.6. The molecule has 0 radical (unpaired) electrons. The predicted octanol–water partition coefficient (Wildman–Crippen LogP) is 6.53. The lowest BCUT2D eigenvalue weighted by atomic mass is 10.2. The first-order chi connectivity index (χ1) is 9.45. The first-order valence-electron chi connectivity index (χ1n) is 7.16. The van der Waals surface area contributed by atoms with Crippen LogP contribution in [0.4, 0.5) is 0 Å². The number of nitrogens with zero attached hydrogens (tertiary/aromatic N) is 1. The van der Waals surface area contributed by atoms with Crippen LogP contribution in [0, 0.1) is 0 Å². The molecule has 2 aromatic heterocycles. The molecule has 0 atom stereocenters. The van der Waals surface area contributed by atoms with Gasteiger partial charge in [-0.15, -0.1) is 11.3 Å². The van der Waals surface area contributed by atoms with Crippen LogP contribution in [0.5, 0.6) is 0 Å². The van der Waals surface area contributed by atoms with Crippen LogP contribution in [0.15, 0.2) is 42.7 Å². The number of pyridine rings is 1. The fourth-order valence-electron chi connectivity index (χ4n) is 1.58. The van der Waals surface area contributed by atoms with Crippen LogP contribution in [0.2, 0.25) is 0 Å². The lowest BCUT2D eigenvalue weighted by Gasteiger charge is -1.87. The van der Waals surface area contributed by atoms with E-state index >= 15 is 0 Å². The molecule has 0 spiro atoms. The Kier molecular flexibility index (Phi) is 9.73. The van der Waals surface area contributed by atoms with Crippen molar-refractivity contribution in [2.75, 3.05) is 0 Å². The Morgan fingerprint density at radius 2 is 1.32 bits per heavy atom. The number of fused-ring (bicyclic) bond motifs is 3. The zero-order chi connectivity index (χ0) is 14.7. The van der Waals surface area contributed by atoms with Crippen molar-refractivity contribution in [2.45, 2.75) is 41.5 Å². The van der Waals surface area contributed by atoms with Crippen molar-refractivity contribution in [2.24, 2.45) is 0 Å². The Labute approximate surface area is 121 Å². The van der Waals surface area contributed by atoms with Crippen LogP contribution in [0.25, 0.3) is 20.2 Å². The van der Waals surface area contributed by atoms with Gasteiger partial charge in [-0.05, 0) is 12.1 Å². The fraction of sp³-hybridized carbons (Fsp3) is 0.353. The van der Waals surface area contributed by atoms with Crippen molar-refractivity contribution in [1.82, 2.24) is 4.98 Å². The van der Waals surface area contributed by atoms with Crippen molar-refractivity contribution < 1.29 is 0 Å². The summed E-state index contributed by atoms with van der Waals surface area (Å²) in [5, 5.41) is 2.65. The Hall–Kier alpha value is -1.41.